The van der Waals surface area contributed by atoms with Crippen LogP contribution >= 0.6 is 34.5 Å². The molecule has 2 aromatic rings. The molecule has 0 amide bonds. The molecule has 88 valence electrons. The Kier molecular flexibility index (Phi) is 3.87. The minimum atomic E-state index is -0.0515. The monoisotopic (exact) mass is 284 g/mol. The summed E-state index contributed by atoms with van der Waals surface area (Å²) in [6.07, 6.45) is 0.836. The molecule has 0 unspecified atom stereocenters. The lowest BCUT2D eigenvalue weighted by Gasteiger charge is -2.04. The first-order chi connectivity index (χ1) is 8.13. The van der Waals surface area contributed by atoms with E-state index in [1.807, 2.05) is 18.4 Å². The molecule has 0 spiro atoms. The van der Waals surface area contributed by atoms with E-state index in [9.17, 15) is 4.79 Å². The van der Waals surface area contributed by atoms with Crippen LogP contribution in [0.2, 0.25) is 10.0 Å². The minimum Gasteiger partial charge on any atom is -0.288 e. The first-order valence-corrected chi connectivity index (χ1v) is 6.83. The molecule has 0 aliphatic rings. The molecule has 1 nitrogen and oxygen atoms in total. The standard InChI is InChI=1S/C13H10Cl2OS/c1-2-8-5-6-17-13(8)12(16)10-7-9(14)3-4-11(10)15/h3-7H,2H2,1H3. The number of aryl methyl sites for hydroxylation is 1. The number of halogens is 2. The van der Waals surface area contributed by atoms with Crippen LogP contribution in [0, 0.1) is 0 Å². The van der Waals surface area contributed by atoms with Gasteiger partial charge in [0.15, 0.2) is 0 Å². The third-order valence-corrected chi connectivity index (χ3v) is 4.03. The van der Waals surface area contributed by atoms with E-state index in [1.54, 1.807) is 18.2 Å². The van der Waals surface area contributed by atoms with Crippen molar-refractivity contribution in [3.8, 4) is 0 Å². The summed E-state index contributed by atoms with van der Waals surface area (Å²) in [7, 11) is 0. The van der Waals surface area contributed by atoms with Crippen molar-refractivity contribution in [3.63, 3.8) is 0 Å². The lowest BCUT2D eigenvalue weighted by molar-refractivity contribution is 0.104. The molecule has 17 heavy (non-hydrogen) atoms. The van der Waals surface area contributed by atoms with E-state index in [1.165, 1.54) is 11.3 Å². The van der Waals surface area contributed by atoms with E-state index in [0.29, 0.717) is 15.6 Å². The van der Waals surface area contributed by atoms with Crippen molar-refractivity contribution in [3.05, 3.63) is 55.7 Å². The maximum atomic E-state index is 12.3. The zero-order valence-corrected chi connectivity index (χ0v) is 11.5. The summed E-state index contributed by atoms with van der Waals surface area (Å²) in [6.45, 7) is 2.03. The molecule has 0 saturated heterocycles. The van der Waals surface area contributed by atoms with Gasteiger partial charge >= 0.3 is 0 Å². The maximum absolute atomic E-state index is 12.3. The van der Waals surface area contributed by atoms with E-state index in [2.05, 4.69) is 0 Å². The SMILES string of the molecule is CCc1ccsc1C(=O)c1cc(Cl)ccc1Cl. The zero-order chi connectivity index (χ0) is 12.4. The van der Waals surface area contributed by atoms with Gasteiger partial charge in [-0.2, -0.15) is 0 Å². The molecule has 0 atom stereocenters. The number of ketones is 1. The molecule has 0 aliphatic heterocycles. The molecule has 0 saturated carbocycles. The number of carbonyl (C=O) groups excluding carboxylic acids is 1. The van der Waals surface area contributed by atoms with E-state index in [4.69, 9.17) is 23.2 Å². The van der Waals surface area contributed by atoms with E-state index >= 15 is 0 Å². The topological polar surface area (TPSA) is 17.1 Å². The fourth-order valence-corrected chi connectivity index (χ4v) is 2.93. The van der Waals surface area contributed by atoms with Crippen molar-refractivity contribution in [2.45, 2.75) is 13.3 Å². The summed E-state index contributed by atoms with van der Waals surface area (Å²) in [6, 6.07) is 6.91. The highest BCUT2D eigenvalue weighted by atomic mass is 35.5. The van der Waals surface area contributed by atoms with E-state index in [-0.39, 0.29) is 5.78 Å². The van der Waals surface area contributed by atoms with Gasteiger partial charge < -0.3 is 0 Å². The second-order valence-corrected chi connectivity index (χ2v) is 5.34. The summed E-state index contributed by atoms with van der Waals surface area (Å²) in [5.74, 6) is -0.0515. The Bertz CT molecular complexity index is 560. The quantitative estimate of drug-likeness (QED) is 0.737. The van der Waals surface area contributed by atoms with Crippen LogP contribution in [-0.4, -0.2) is 5.78 Å². The van der Waals surface area contributed by atoms with Gasteiger partial charge in [-0.15, -0.1) is 11.3 Å². The molecular weight excluding hydrogens is 275 g/mol. The molecule has 4 heteroatoms. The van der Waals surface area contributed by atoms with Crippen LogP contribution < -0.4 is 0 Å². The Labute approximate surface area is 114 Å². The van der Waals surface area contributed by atoms with Crippen LogP contribution in [0.1, 0.15) is 27.7 Å². The van der Waals surface area contributed by atoms with Crippen molar-refractivity contribution in [1.29, 1.82) is 0 Å². The predicted octanol–water partition coefficient (Wildman–Crippen LogP) is 4.85. The molecular formula is C13H10Cl2OS. The molecule has 0 N–H and O–H groups in total. The highest BCUT2D eigenvalue weighted by Crippen LogP contribution is 2.27. The Morgan fingerprint density at radius 1 is 1.29 bits per heavy atom. The van der Waals surface area contributed by atoms with Gasteiger partial charge in [-0.25, -0.2) is 0 Å². The fourth-order valence-electron chi connectivity index (χ4n) is 1.61. The van der Waals surface area contributed by atoms with E-state index in [0.717, 1.165) is 16.9 Å². The van der Waals surface area contributed by atoms with Gasteiger partial charge in [0, 0.05) is 10.6 Å². The lowest BCUT2D eigenvalue weighted by atomic mass is 10.1. The summed E-state index contributed by atoms with van der Waals surface area (Å²) < 4.78 is 0. The van der Waals surface area contributed by atoms with Gasteiger partial charge in [0.05, 0.1) is 9.90 Å². The van der Waals surface area contributed by atoms with Crippen LogP contribution in [0.25, 0.3) is 0 Å². The van der Waals surface area contributed by atoms with Crippen molar-refractivity contribution in [1.82, 2.24) is 0 Å². The van der Waals surface area contributed by atoms with Crippen molar-refractivity contribution < 1.29 is 4.79 Å². The van der Waals surface area contributed by atoms with Gasteiger partial charge in [-0.3, -0.25) is 4.79 Å². The number of benzene rings is 1. The predicted molar refractivity (Wildman–Crippen MR) is 73.6 cm³/mol. The minimum absolute atomic E-state index is 0.0515. The zero-order valence-electron chi connectivity index (χ0n) is 9.17. The van der Waals surface area contributed by atoms with Crippen LogP contribution in [0.5, 0.6) is 0 Å². The molecule has 0 fully saturated rings. The summed E-state index contributed by atoms with van der Waals surface area (Å²) >= 11 is 13.4. The first-order valence-electron chi connectivity index (χ1n) is 5.19. The molecule has 1 aromatic heterocycles. The van der Waals surface area contributed by atoms with Gasteiger partial charge in [-0.1, -0.05) is 30.1 Å². The largest absolute Gasteiger partial charge is 0.288 e. The number of hydrogen-bond acceptors (Lipinski definition) is 2. The average Bonchev–Trinajstić information content (AvgIpc) is 2.79. The van der Waals surface area contributed by atoms with Crippen molar-refractivity contribution >= 4 is 40.3 Å². The third kappa shape index (κ3) is 2.54. The van der Waals surface area contributed by atoms with Crippen LogP contribution in [-0.2, 0) is 6.42 Å². The summed E-state index contributed by atoms with van der Waals surface area (Å²) in [4.78, 5) is 13.1. The summed E-state index contributed by atoms with van der Waals surface area (Å²) in [5, 5.41) is 2.88. The second-order valence-electron chi connectivity index (χ2n) is 3.58. The first kappa shape index (κ1) is 12.6. The molecule has 2 rings (SSSR count). The number of carbonyl (C=O) groups is 1. The smallest absolute Gasteiger partial charge is 0.204 e. The van der Waals surface area contributed by atoms with Gasteiger partial charge in [0.25, 0.3) is 0 Å². The molecule has 0 bridgehead atoms. The van der Waals surface area contributed by atoms with Gasteiger partial charge in [-0.05, 0) is 41.6 Å². The number of hydrogen-bond donors (Lipinski definition) is 0. The molecule has 0 aliphatic carbocycles. The van der Waals surface area contributed by atoms with Crippen LogP contribution in [0.15, 0.2) is 29.6 Å². The van der Waals surface area contributed by atoms with Gasteiger partial charge in [0.2, 0.25) is 5.78 Å². The molecule has 0 radical (unpaired) electrons. The Morgan fingerprint density at radius 2 is 2.06 bits per heavy atom. The average molecular weight is 285 g/mol. The summed E-state index contributed by atoms with van der Waals surface area (Å²) in [5.41, 5.74) is 1.52. The Morgan fingerprint density at radius 3 is 2.76 bits per heavy atom. The lowest BCUT2D eigenvalue weighted by Crippen LogP contribution is -2.02. The number of rotatable bonds is 3. The second kappa shape index (κ2) is 5.21. The van der Waals surface area contributed by atoms with Gasteiger partial charge in [0.1, 0.15) is 0 Å². The fraction of sp³-hybridized carbons (Fsp3) is 0.154. The highest BCUT2D eigenvalue weighted by molar-refractivity contribution is 7.12. The Balaban J connectivity index is 2.47. The van der Waals surface area contributed by atoms with Crippen LogP contribution in [0.4, 0.5) is 0 Å². The normalized spacial score (nSPS) is 10.5. The number of thiophene rings is 1. The van der Waals surface area contributed by atoms with E-state index < -0.39 is 0 Å². The highest BCUT2D eigenvalue weighted by Gasteiger charge is 2.17. The molecule has 1 aromatic carbocycles. The van der Waals surface area contributed by atoms with Crippen LogP contribution in [0.3, 0.4) is 0 Å². The third-order valence-electron chi connectivity index (χ3n) is 2.51. The Hall–Kier alpha value is -0.830. The maximum Gasteiger partial charge on any atom is 0.204 e. The van der Waals surface area contributed by atoms with Crippen molar-refractivity contribution in [2.24, 2.45) is 0 Å². The molecule has 1 heterocycles. The van der Waals surface area contributed by atoms with Crippen molar-refractivity contribution in [2.75, 3.05) is 0 Å².